The van der Waals surface area contributed by atoms with Crippen LogP contribution in [0.3, 0.4) is 0 Å². The van der Waals surface area contributed by atoms with Gasteiger partial charge in [-0.25, -0.2) is 15.0 Å². The molecule has 10 aromatic rings. The molecule has 0 aliphatic carbocycles. The van der Waals surface area contributed by atoms with Crippen LogP contribution in [0, 0.1) is 0 Å². The lowest BCUT2D eigenvalue weighted by molar-refractivity contribution is 1.07. The SMILES string of the molecule is c1ccc(-c2nc(-c3ccccc3)nc(-c3ccc(-c4ccc5sc6ccccc6c5c4)cc3-c3cccc4sc5ccccc5c34)n2)cc1. The number of hydrogen-bond acceptors (Lipinski definition) is 5. The van der Waals surface area contributed by atoms with E-state index in [4.69, 9.17) is 15.0 Å². The Morgan fingerprint density at radius 1 is 0.300 bits per heavy atom. The smallest absolute Gasteiger partial charge is 0.164 e. The van der Waals surface area contributed by atoms with E-state index in [1.54, 1.807) is 0 Å². The molecule has 0 aliphatic rings. The van der Waals surface area contributed by atoms with Crippen LogP contribution in [-0.2, 0) is 0 Å². The Morgan fingerprint density at radius 3 is 1.58 bits per heavy atom. The highest BCUT2D eigenvalue weighted by Gasteiger charge is 2.20. The zero-order chi connectivity index (χ0) is 33.0. The summed E-state index contributed by atoms with van der Waals surface area (Å²) in [7, 11) is 0. The van der Waals surface area contributed by atoms with E-state index in [1.807, 2.05) is 59.1 Å². The summed E-state index contributed by atoms with van der Waals surface area (Å²) in [5.74, 6) is 1.95. The van der Waals surface area contributed by atoms with Crippen molar-refractivity contribution in [2.45, 2.75) is 0 Å². The molecular formula is C45H27N3S2. The van der Waals surface area contributed by atoms with Crippen molar-refractivity contribution in [1.82, 2.24) is 15.0 Å². The average Bonchev–Trinajstić information content (AvgIpc) is 3.76. The van der Waals surface area contributed by atoms with Crippen LogP contribution in [0.4, 0.5) is 0 Å². The number of fused-ring (bicyclic) bond motifs is 6. The quantitative estimate of drug-likeness (QED) is 0.182. The molecule has 0 spiro atoms. The van der Waals surface area contributed by atoms with Gasteiger partial charge in [-0.3, -0.25) is 0 Å². The second-order valence-corrected chi connectivity index (χ2v) is 14.6. The molecule has 10 rings (SSSR count). The Labute approximate surface area is 296 Å². The third-order valence-corrected chi connectivity index (χ3v) is 11.7. The van der Waals surface area contributed by atoms with Gasteiger partial charge in [0, 0.05) is 57.0 Å². The van der Waals surface area contributed by atoms with Crippen LogP contribution in [-0.4, -0.2) is 15.0 Å². The van der Waals surface area contributed by atoms with E-state index in [-0.39, 0.29) is 0 Å². The molecular weight excluding hydrogens is 647 g/mol. The van der Waals surface area contributed by atoms with Gasteiger partial charge in [-0.1, -0.05) is 121 Å². The topological polar surface area (TPSA) is 38.7 Å². The van der Waals surface area contributed by atoms with E-state index in [2.05, 4.69) is 127 Å². The maximum atomic E-state index is 5.17. The normalized spacial score (nSPS) is 11.6. The average molecular weight is 674 g/mol. The molecule has 50 heavy (non-hydrogen) atoms. The number of nitrogens with zero attached hydrogens (tertiary/aromatic N) is 3. The van der Waals surface area contributed by atoms with Crippen LogP contribution in [0.1, 0.15) is 0 Å². The number of hydrogen-bond donors (Lipinski definition) is 0. The highest BCUT2D eigenvalue weighted by molar-refractivity contribution is 7.26. The first-order valence-electron chi connectivity index (χ1n) is 16.6. The molecule has 0 fully saturated rings. The van der Waals surface area contributed by atoms with Gasteiger partial charge in [0.05, 0.1) is 0 Å². The van der Waals surface area contributed by atoms with Crippen molar-refractivity contribution in [2.75, 3.05) is 0 Å². The van der Waals surface area contributed by atoms with Crippen molar-refractivity contribution in [2.24, 2.45) is 0 Å². The highest BCUT2D eigenvalue weighted by Crippen LogP contribution is 2.44. The zero-order valence-corrected chi connectivity index (χ0v) is 28.4. The van der Waals surface area contributed by atoms with E-state index in [0.29, 0.717) is 17.5 Å². The number of rotatable bonds is 5. The molecule has 0 aliphatic heterocycles. The summed E-state index contributed by atoms with van der Waals surface area (Å²) in [4.78, 5) is 15.3. The summed E-state index contributed by atoms with van der Waals surface area (Å²) in [6.45, 7) is 0. The van der Waals surface area contributed by atoms with Gasteiger partial charge in [0.15, 0.2) is 17.5 Å². The molecule has 7 aromatic carbocycles. The lowest BCUT2D eigenvalue weighted by Crippen LogP contribution is -2.01. The molecule has 3 heterocycles. The van der Waals surface area contributed by atoms with Crippen LogP contribution in [0.2, 0.25) is 0 Å². The summed E-state index contributed by atoms with van der Waals surface area (Å²) >= 11 is 3.68. The maximum Gasteiger partial charge on any atom is 0.164 e. The zero-order valence-electron chi connectivity index (χ0n) is 26.7. The van der Waals surface area contributed by atoms with Crippen molar-refractivity contribution in [3.05, 3.63) is 164 Å². The van der Waals surface area contributed by atoms with E-state index < -0.39 is 0 Å². The van der Waals surface area contributed by atoms with Crippen molar-refractivity contribution in [3.63, 3.8) is 0 Å². The van der Waals surface area contributed by atoms with Gasteiger partial charge >= 0.3 is 0 Å². The van der Waals surface area contributed by atoms with Crippen LogP contribution in [0.25, 0.3) is 96.8 Å². The van der Waals surface area contributed by atoms with Crippen LogP contribution < -0.4 is 0 Å². The largest absolute Gasteiger partial charge is 0.208 e. The third kappa shape index (κ3) is 4.90. The minimum absolute atomic E-state index is 0.648. The summed E-state index contributed by atoms with van der Waals surface area (Å²) in [6.07, 6.45) is 0. The Morgan fingerprint density at radius 2 is 0.840 bits per heavy atom. The van der Waals surface area contributed by atoms with Gasteiger partial charge in [-0.05, 0) is 64.7 Å². The molecule has 0 saturated carbocycles. The molecule has 3 aromatic heterocycles. The molecule has 3 nitrogen and oxygen atoms in total. The molecule has 0 bridgehead atoms. The lowest BCUT2D eigenvalue weighted by atomic mass is 9.91. The Hall–Kier alpha value is -6.01. The van der Waals surface area contributed by atoms with Crippen molar-refractivity contribution in [3.8, 4) is 56.4 Å². The summed E-state index contributed by atoms with van der Waals surface area (Å²) in [6, 6.07) is 58.0. The van der Waals surface area contributed by atoms with Gasteiger partial charge in [0.1, 0.15) is 0 Å². The first-order valence-corrected chi connectivity index (χ1v) is 18.2. The number of benzene rings is 7. The van der Waals surface area contributed by atoms with Gasteiger partial charge in [-0.2, -0.15) is 0 Å². The molecule has 234 valence electrons. The molecule has 0 amide bonds. The molecule has 0 N–H and O–H groups in total. The van der Waals surface area contributed by atoms with Gasteiger partial charge in [0.2, 0.25) is 0 Å². The fraction of sp³-hybridized carbons (Fsp3) is 0. The molecule has 0 saturated heterocycles. The minimum atomic E-state index is 0.648. The summed E-state index contributed by atoms with van der Waals surface area (Å²) in [5, 5.41) is 5.10. The van der Waals surface area contributed by atoms with Gasteiger partial charge in [0.25, 0.3) is 0 Å². The van der Waals surface area contributed by atoms with Crippen molar-refractivity contribution < 1.29 is 0 Å². The number of thiophene rings is 2. The second-order valence-electron chi connectivity index (χ2n) is 12.4. The second kappa shape index (κ2) is 11.8. The standard InChI is InChI=1S/C45H27N3S2/c1-3-12-28(13-4-1)43-46-44(29-14-5-2-6-15-29)48-45(47-43)34-24-22-30(31-23-25-40-37(27-31)32-16-7-9-19-38(32)49-40)26-36(34)33-18-11-21-41-42(33)35-17-8-10-20-39(35)50-41/h1-27H. The van der Waals surface area contributed by atoms with Crippen molar-refractivity contribution in [1.29, 1.82) is 0 Å². The third-order valence-electron chi connectivity index (χ3n) is 9.36. The molecule has 0 atom stereocenters. The van der Waals surface area contributed by atoms with Crippen LogP contribution in [0.5, 0.6) is 0 Å². The number of aromatic nitrogens is 3. The van der Waals surface area contributed by atoms with Crippen LogP contribution >= 0.6 is 22.7 Å². The summed E-state index contributed by atoms with van der Waals surface area (Å²) in [5.41, 5.74) is 7.47. The first kappa shape index (κ1) is 29.0. The monoisotopic (exact) mass is 673 g/mol. The molecule has 5 heteroatoms. The van der Waals surface area contributed by atoms with E-state index >= 15 is 0 Å². The molecule has 0 radical (unpaired) electrons. The van der Waals surface area contributed by atoms with Crippen LogP contribution in [0.15, 0.2) is 164 Å². The lowest BCUT2D eigenvalue weighted by Gasteiger charge is -2.15. The Kier molecular flexibility index (Phi) is 6.86. The van der Waals surface area contributed by atoms with Gasteiger partial charge < -0.3 is 0 Å². The van der Waals surface area contributed by atoms with E-state index in [0.717, 1.165) is 27.8 Å². The Bertz CT molecular complexity index is 2810. The van der Waals surface area contributed by atoms with Gasteiger partial charge in [-0.15, -0.1) is 22.7 Å². The highest BCUT2D eigenvalue weighted by atomic mass is 32.1. The Balaban J connectivity index is 1.25. The predicted octanol–water partition coefficient (Wildman–Crippen LogP) is 12.9. The first-order chi connectivity index (χ1) is 24.8. The maximum absolute atomic E-state index is 5.17. The van der Waals surface area contributed by atoms with E-state index in [9.17, 15) is 0 Å². The minimum Gasteiger partial charge on any atom is -0.208 e. The van der Waals surface area contributed by atoms with Crippen molar-refractivity contribution >= 4 is 63.0 Å². The predicted molar refractivity (Wildman–Crippen MR) is 213 cm³/mol. The fourth-order valence-corrected chi connectivity index (χ4v) is 9.19. The summed E-state index contributed by atoms with van der Waals surface area (Å²) < 4.78 is 5.15. The molecule has 0 unspecified atom stereocenters. The van der Waals surface area contributed by atoms with E-state index in [1.165, 1.54) is 51.5 Å². The fourth-order valence-electron chi connectivity index (χ4n) is 6.98.